The standard InChI is InChI=1S/C46H32FN/c47-45-32-38(34-14-4-1-5-15-34)31-44(35-16-6-2-7-17-35)46(45)48(39-19-8-3-9-20-39)40-28-25-33(26-29-40)24-27-37-30-36-18-10-11-21-41(36)43-23-13-12-22-42(37)43/h1-32H/b27-24+/i24D,27D. The fourth-order valence-electron chi connectivity index (χ4n) is 6.44. The number of rotatable bonds is 7. The lowest BCUT2D eigenvalue weighted by Crippen LogP contribution is -2.13. The molecule has 0 atom stereocenters. The summed E-state index contributed by atoms with van der Waals surface area (Å²) in [5, 5.41) is 4.15. The third-order valence-corrected chi connectivity index (χ3v) is 8.73. The molecule has 8 aromatic rings. The Labute approximate surface area is 283 Å². The van der Waals surface area contributed by atoms with E-state index in [0.717, 1.165) is 55.2 Å². The number of benzene rings is 8. The molecule has 0 fully saturated rings. The highest BCUT2D eigenvalue weighted by molar-refractivity contribution is 6.11. The van der Waals surface area contributed by atoms with Gasteiger partial charge in [0.2, 0.25) is 0 Å². The fourth-order valence-corrected chi connectivity index (χ4v) is 6.44. The van der Waals surface area contributed by atoms with E-state index in [2.05, 4.69) is 18.2 Å². The molecule has 0 spiro atoms. The molecule has 228 valence electrons. The Morgan fingerprint density at radius 3 is 1.73 bits per heavy atom. The van der Waals surface area contributed by atoms with Gasteiger partial charge in [-0.25, -0.2) is 4.39 Å². The van der Waals surface area contributed by atoms with E-state index in [-0.39, 0.29) is 17.9 Å². The van der Waals surface area contributed by atoms with E-state index in [1.165, 1.54) is 0 Å². The van der Waals surface area contributed by atoms with Gasteiger partial charge in [0.05, 0.1) is 8.43 Å². The van der Waals surface area contributed by atoms with Gasteiger partial charge in [-0.3, -0.25) is 0 Å². The second-order valence-electron chi connectivity index (χ2n) is 11.7. The smallest absolute Gasteiger partial charge is 0.148 e. The van der Waals surface area contributed by atoms with Crippen LogP contribution in [0.3, 0.4) is 0 Å². The predicted octanol–water partition coefficient (Wildman–Crippen LogP) is 13.1. The van der Waals surface area contributed by atoms with Crippen LogP contribution in [0.4, 0.5) is 21.5 Å². The van der Waals surface area contributed by atoms with Crippen molar-refractivity contribution in [2.75, 3.05) is 4.90 Å². The summed E-state index contributed by atoms with van der Waals surface area (Å²) in [6, 6.07) is 59.2. The largest absolute Gasteiger partial charge is 0.307 e. The lowest BCUT2D eigenvalue weighted by Gasteiger charge is -2.29. The third kappa shape index (κ3) is 5.65. The molecule has 1 nitrogen and oxygen atoms in total. The summed E-state index contributed by atoms with van der Waals surface area (Å²) in [6.07, 6.45) is 0. The maximum absolute atomic E-state index is 16.7. The molecule has 0 N–H and O–H groups in total. The van der Waals surface area contributed by atoms with Crippen molar-refractivity contribution in [2.45, 2.75) is 0 Å². The van der Waals surface area contributed by atoms with Gasteiger partial charge >= 0.3 is 0 Å². The third-order valence-electron chi connectivity index (χ3n) is 8.73. The molecule has 0 saturated carbocycles. The second-order valence-corrected chi connectivity index (χ2v) is 11.7. The number of hydrogen-bond acceptors (Lipinski definition) is 1. The minimum Gasteiger partial charge on any atom is -0.307 e. The van der Waals surface area contributed by atoms with Gasteiger partial charge in [-0.05, 0) is 91.8 Å². The van der Waals surface area contributed by atoms with Crippen LogP contribution in [0.2, 0.25) is 0 Å². The minimum atomic E-state index is -0.351. The van der Waals surface area contributed by atoms with Gasteiger partial charge in [-0.2, -0.15) is 0 Å². The molecular formula is C46H32FN. The van der Waals surface area contributed by atoms with Gasteiger partial charge in [0.1, 0.15) is 5.82 Å². The van der Waals surface area contributed by atoms with Crippen LogP contribution in [0, 0.1) is 5.82 Å². The van der Waals surface area contributed by atoms with Gasteiger partial charge in [-0.15, -0.1) is 0 Å². The zero-order valence-electron chi connectivity index (χ0n) is 28.1. The van der Waals surface area contributed by atoms with Crippen molar-refractivity contribution in [1.29, 1.82) is 0 Å². The Morgan fingerprint density at radius 1 is 0.458 bits per heavy atom. The van der Waals surface area contributed by atoms with Gasteiger partial charge in [-0.1, -0.05) is 152 Å². The SMILES string of the molecule is [2H]/C(=C(/[2H])c1cc2ccccc2c2ccccc12)c1ccc(N(c2ccccc2)c2c(F)cc(-c3ccccc3)cc2-c2ccccc2)cc1. The maximum atomic E-state index is 16.7. The quantitative estimate of drug-likeness (QED) is 0.127. The first-order valence-corrected chi connectivity index (χ1v) is 16.0. The van der Waals surface area contributed by atoms with Crippen molar-refractivity contribution < 1.29 is 7.13 Å². The molecule has 0 aliphatic heterocycles. The van der Waals surface area contributed by atoms with Crippen molar-refractivity contribution in [3.8, 4) is 22.3 Å². The molecule has 0 unspecified atom stereocenters. The van der Waals surface area contributed by atoms with E-state index >= 15 is 4.39 Å². The van der Waals surface area contributed by atoms with Gasteiger partial charge in [0, 0.05) is 16.9 Å². The lowest BCUT2D eigenvalue weighted by atomic mass is 9.95. The first kappa shape index (κ1) is 26.9. The number of halogens is 1. The second kappa shape index (κ2) is 12.9. The summed E-state index contributed by atoms with van der Waals surface area (Å²) in [5.74, 6) is -0.351. The summed E-state index contributed by atoms with van der Waals surface area (Å²) < 4.78 is 35.1. The molecular weight excluding hydrogens is 586 g/mol. The van der Waals surface area contributed by atoms with Crippen LogP contribution in [-0.2, 0) is 0 Å². The summed E-state index contributed by atoms with van der Waals surface area (Å²) in [6.45, 7) is 0. The van der Waals surface area contributed by atoms with Crippen LogP contribution in [0.15, 0.2) is 182 Å². The molecule has 0 aliphatic carbocycles. The highest BCUT2D eigenvalue weighted by atomic mass is 19.1. The molecule has 0 bridgehead atoms. The van der Waals surface area contributed by atoms with Crippen molar-refractivity contribution >= 4 is 50.7 Å². The van der Waals surface area contributed by atoms with Crippen LogP contribution in [-0.4, -0.2) is 0 Å². The average Bonchev–Trinajstić information content (AvgIpc) is 3.19. The summed E-state index contributed by atoms with van der Waals surface area (Å²) >= 11 is 0. The Hall–Kier alpha value is -6.25. The topological polar surface area (TPSA) is 3.24 Å². The van der Waals surface area contributed by atoms with Crippen molar-refractivity contribution in [1.82, 2.24) is 0 Å². The summed E-state index contributed by atoms with van der Waals surface area (Å²) in [7, 11) is 0. The number of para-hydroxylation sites is 1. The molecule has 0 aliphatic rings. The molecule has 0 amide bonds. The first-order valence-electron chi connectivity index (χ1n) is 17.0. The highest BCUT2D eigenvalue weighted by Crippen LogP contribution is 2.44. The molecule has 2 heteroatoms. The van der Waals surface area contributed by atoms with Crippen molar-refractivity contribution in [2.24, 2.45) is 0 Å². The zero-order valence-corrected chi connectivity index (χ0v) is 26.1. The Bertz CT molecular complexity index is 2490. The van der Waals surface area contributed by atoms with Crippen molar-refractivity contribution in [3.63, 3.8) is 0 Å². The van der Waals surface area contributed by atoms with Crippen LogP contribution >= 0.6 is 0 Å². The van der Waals surface area contributed by atoms with Crippen LogP contribution in [0.25, 0.3) is 55.9 Å². The van der Waals surface area contributed by atoms with E-state index in [9.17, 15) is 1.37 Å². The maximum Gasteiger partial charge on any atom is 0.148 e. The molecule has 0 radical (unpaired) electrons. The molecule has 0 heterocycles. The monoisotopic (exact) mass is 619 g/mol. The fraction of sp³-hybridized carbons (Fsp3) is 0. The first-order chi connectivity index (χ1) is 24.6. The van der Waals surface area contributed by atoms with E-state index in [1.807, 2.05) is 163 Å². The minimum absolute atomic E-state index is 0.117. The lowest BCUT2D eigenvalue weighted by molar-refractivity contribution is 0.630. The zero-order chi connectivity index (χ0) is 34.0. The molecule has 0 aromatic heterocycles. The Kier molecular flexibility index (Phi) is 7.21. The summed E-state index contributed by atoms with van der Waals surface area (Å²) in [4.78, 5) is 1.93. The molecule has 48 heavy (non-hydrogen) atoms. The van der Waals surface area contributed by atoms with E-state index in [1.54, 1.807) is 6.07 Å². The van der Waals surface area contributed by atoms with E-state index in [0.29, 0.717) is 16.8 Å². The van der Waals surface area contributed by atoms with E-state index in [4.69, 9.17) is 1.37 Å². The van der Waals surface area contributed by atoms with Crippen LogP contribution < -0.4 is 4.90 Å². The van der Waals surface area contributed by atoms with Crippen LogP contribution in [0.5, 0.6) is 0 Å². The highest BCUT2D eigenvalue weighted by Gasteiger charge is 2.22. The van der Waals surface area contributed by atoms with Crippen molar-refractivity contribution in [3.05, 3.63) is 199 Å². The van der Waals surface area contributed by atoms with Crippen LogP contribution in [0.1, 0.15) is 13.9 Å². The van der Waals surface area contributed by atoms with Gasteiger partial charge in [0.25, 0.3) is 0 Å². The number of anilines is 3. The number of nitrogens with zero attached hydrogens (tertiary/aromatic N) is 1. The molecule has 8 aromatic carbocycles. The Morgan fingerprint density at radius 2 is 1.02 bits per heavy atom. The predicted molar refractivity (Wildman–Crippen MR) is 202 cm³/mol. The summed E-state index contributed by atoms with van der Waals surface area (Å²) in [5.41, 5.74) is 6.67. The van der Waals surface area contributed by atoms with E-state index < -0.39 is 0 Å². The molecule has 8 rings (SSSR count). The number of hydrogen-bond donors (Lipinski definition) is 0. The number of fused-ring (bicyclic) bond motifs is 3. The Balaban J connectivity index is 1.26. The normalized spacial score (nSPS) is 12.4. The average molecular weight is 620 g/mol. The van der Waals surface area contributed by atoms with Gasteiger partial charge in [0.15, 0.2) is 0 Å². The van der Waals surface area contributed by atoms with Gasteiger partial charge < -0.3 is 4.90 Å². The molecule has 0 saturated heterocycles.